The molecule has 0 radical (unpaired) electrons. The Kier molecular flexibility index (Phi) is 5.62. The van der Waals surface area contributed by atoms with Gasteiger partial charge in [0.2, 0.25) is 0 Å². The van der Waals surface area contributed by atoms with Crippen molar-refractivity contribution < 1.29 is 4.74 Å². The van der Waals surface area contributed by atoms with Gasteiger partial charge in [0.15, 0.2) is 0 Å². The third-order valence-corrected chi connectivity index (χ3v) is 3.03. The second-order valence-corrected chi connectivity index (χ2v) is 5.05. The first-order valence-electron chi connectivity index (χ1n) is 6.54. The van der Waals surface area contributed by atoms with Crippen molar-refractivity contribution in [1.29, 1.82) is 0 Å². The van der Waals surface area contributed by atoms with Gasteiger partial charge in [0.1, 0.15) is 0 Å². The minimum absolute atomic E-state index is 0.456. The zero-order chi connectivity index (χ0) is 11.3. The van der Waals surface area contributed by atoms with E-state index in [1.807, 2.05) is 0 Å². The standard InChI is InChI=1S/C13H27NO/c1-5-14-12(9-10(3)4)13(15-6-2)11-7-8-11/h10-14H,5-9H2,1-4H3. The molecule has 1 rings (SSSR count). The molecule has 1 aliphatic carbocycles. The monoisotopic (exact) mass is 213 g/mol. The van der Waals surface area contributed by atoms with Gasteiger partial charge >= 0.3 is 0 Å². The molecule has 2 atom stereocenters. The number of rotatable bonds is 8. The lowest BCUT2D eigenvalue weighted by Gasteiger charge is -2.29. The Morgan fingerprint density at radius 2 is 1.93 bits per heavy atom. The molecular weight excluding hydrogens is 186 g/mol. The summed E-state index contributed by atoms with van der Waals surface area (Å²) in [7, 11) is 0. The molecular formula is C13H27NO. The summed E-state index contributed by atoms with van der Waals surface area (Å²) in [5.74, 6) is 1.57. The SMILES string of the molecule is CCNC(CC(C)C)C(OCC)C1CC1. The molecule has 0 aromatic rings. The van der Waals surface area contributed by atoms with E-state index in [4.69, 9.17) is 4.74 Å². The predicted molar refractivity (Wildman–Crippen MR) is 65.1 cm³/mol. The summed E-state index contributed by atoms with van der Waals surface area (Å²) in [6.07, 6.45) is 4.42. The molecule has 0 aliphatic heterocycles. The lowest BCUT2D eigenvalue weighted by atomic mass is 9.96. The second-order valence-electron chi connectivity index (χ2n) is 5.05. The van der Waals surface area contributed by atoms with Crippen LogP contribution in [0.5, 0.6) is 0 Å². The Bertz CT molecular complexity index is 166. The molecule has 0 spiro atoms. The van der Waals surface area contributed by atoms with E-state index >= 15 is 0 Å². The molecule has 2 heteroatoms. The van der Waals surface area contributed by atoms with Crippen molar-refractivity contribution in [3.8, 4) is 0 Å². The maximum atomic E-state index is 5.92. The van der Waals surface area contributed by atoms with E-state index in [0.717, 1.165) is 25.0 Å². The molecule has 15 heavy (non-hydrogen) atoms. The molecule has 2 unspecified atom stereocenters. The largest absolute Gasteiger partial charge is 0.377 e. The van der Waals surface area contributed by atoms with E-state index in [2.05, 4.69) is 33.0 Å². The molecule has 90 valence electrons. The maximum absolute atomic E-state index is 5.92. The van der Waals surface area contributed by atoms with Crippen LogP contribution in [0.25, 0.3) is 0 Å². The van der Waals surface area contributed by atoms with Crippen molar-refractivity contribution in [1.82, 2.24) is 5.32 Å². The van der Waals surface area contributed by atoms with Crippen LogP contribution < -0.4 is 5.32 Å². The fourth-order valence-corrected chi connectivity index (χ4v) is 2.30. The van der Waals surface area contributed by atoms with Gasteiger partial charge in [-0.15, -0.1) is 0 Å². The normalized spacial score (nSPS) is 20.6. The summed E-state index contributed by atoms with van der Waals surface area (Å²) in [6.45, 7) is 10.8. The summed E-state index contributed by atoms with van der Waals surface area (Å²) in [4.78, 5) is 0. The van der Waals surface area contributed by atoms with Gasteiger partial charge in [0.25, 0.3) is 0 Å². The van der Waals surface area contributed by atoms with Crippen LogP contribution in [0.15, 0.2) is 0 Å². The predicted octanol–water partition coefficient (Wildman–Crippen LogP) is 2.83. The van der Waals surface area contributed by atoms with Gasteiger partial charge in [-0.25, -0.2) is 0 Å². The van der Waals surface area contributed by atoms with E-state index in [9.17, 15) is 0 Å². The van der Waals surface area contributed by atoms with Crippen LogP contribution in [-0.2, 0) is 4.74 Å². The van der Waals surface area contributed by atoms with Crippen LogP contribution in [0.3, 0.4) is 0 Å². The highest BCUT2D eigenvalue weighted by Gasteiger charge is 2.36. The highest BCUT2D eigenvalue weighted by molar-refractivity contribution is 4.90. The third-order valence-electron chi connectivity index (χ3n) is 3.03. The van der Waals surface area contributed by atoms with Crippen molar-refractivity contribution in [2.24, 2.45) is 11.8 Å². The molecule has 2 nitrogen and oxygen atoms in total. The minimum atomic E-state index is 0.456. The van der Waals surface area contributed by atoms with Gasteiger partial charge in [0, 0.05) is 12.6 Å². The average Bonchev–Trinajstić information content (AvgIpc) is 2.96. The number of ether oxygens (including phenoxy) is 1. The van der Waals surface area contributed by atoms with Crippen LogP contribution in [0, 0.1) is 11.8 Å². The van der Waals surface area contributed by atoms with Gasteiger partial charge < -0.3 is 10.1 Å². The van der Waals surface area contributed by atoms with Crippen molar-refractivity contribution >= 4 is 0 Å². The first kappa shape index (κ1) is 13.0. The molecule has 0 amide bonds. The van der Waals surface area contributed by atoms with Gasteiger partial charge in [-0.05, 0) is 44.6 Å². The lowest BCUT2D eigenvalue weighted by Crippen LogP contribution is -2.43. The topological polar surface area (TPSA) is 21.3 Å². The van der Waals surface area contributed by atoms with Crippen LogP contribution in [0.4, 0.5) is 0 Å². The van der Waals surface area contributed by atoms with Gasteiger partial charge in [-0.1, -0.05) is 20.8 Å². The molecule has 0 aromatic heterocycles. The molecule has 0 aromatic carbocycles. The summed E-state index contributed by atoms with van der Waals surface area (Å²) in [5.41, 5.74) is 0. The highest BCUT2D eigenvalue weighted by atomic mass is 16.5. The van der Waals surface area contributed by atoms with E-state index in [1.54, 1.807) is 0 Å². The van der Waals surface area contributed by atoms with Gasteiger partial charge in [-0.2, -0.15) is 0 Å². The summed E-state index contributed by atoms with van der Waals surface area (Å²) in [5, 5.41) is 3.60. The number of likely N-dealkylation sites (N-methyl/N-ethyl adjacent to an activating group) is 1. The molecule has 1 saturated carbocycles. The number of hydrogen-bond acceptors (Lipinski definition) is 2. The lowest BCUT2D eigenvalue weighted by molar-refractivity contribution is 0.0143. The highest BCUT2D eigenvalue weighted by Crippen LogP contribution is 2.37. The molecule has 0 heterocycles. The maximum Gasteiger partial charge on any atom is 0.0756 e. The quantitative estimate of drug-likeness (QED) is 0.669. The Morgan fingerprint density at radius 1 is 1.27 bits per heavy atom. The fourth-order valence-electron chi connectivity index (χ4n) is 2.30. The summed E-state index contributed by atoms with van der Waals surface area (Å²) >= 11 is 0. The van der Waals surface area contributed by atoms with Crippen molar-refractivity contribution in [2.45, 2.75) is 59.1 Å². The summed E-state index contributed by atoms with van der Waals surface area (Å²) < 4.78 is 5.92. The molecule has 0 bridgehead atoms. The van der Waals surface area contributed by atoms with Crippen molar-refractivity contribution in [2.75, 3.05) is 13.2 Å². The minimum Gasteiger partial charge on any atom is -0.377 e. The number of hydrogen-bond donors (Lipinski definition) is 1. The van der Waals surface area contributed by atoms with E-state index in [1.165, 1.54) is 19.3 Å². The Labute approximate surface area is 94.8 Å². The van der Waals surface area contributed by atoms with Crippen molar-refractivity contribution in [3.63, 3.8) is 0 Å². The van der Waals surface area contributed by atoms with Crippen LogP contribution in [0.1, 0.15) is 47.0 Å². The Morgan fingerprint density at radius 3 is 2.33 bits per heavy atom. The first-order chi connectivity index (χ1) is 7.19. The van der Waals surface area contributed by atoms with Crippen LogP contribution in [-0.4, -0.2) is 25.3 Å². The molecule has 1 aliphatic rings. The zero-order valence-corrected chi connectivity index (χ0v) is 10.8. The van der Waals surface area contributed by atoms with Crippen LogP contribution in [0.2, 0.25) is 0 Å². The Balaban J connectivity index is 2.48. The van der Waals surface area contributed by atoms with E-state index in [0.29, 0.717) is 12.1 Å². The van der Waals surface area contributed by atoms with Gasteiger partial charge in [-0.3, -0.25) is 0 Å². The smallest absolute Gasteiger partial charge is 0.0756 e. The average molecular weight is 213 g/mol. The van der Waals surface area contributed by atoms with Crippen LogP contribution >= 0.6 is 0 Å². The Hall–Kier alpha value is -0.0800. The third kappa shape index (κ3) is 4.52. The zero-order valence-electron chi connectivity index (χ0n) is 10.8. The molecule has 0 saturated heterocycles. The van der Waals surface area contributed by atoms with Gasteiger partial charge in [0.05, 0.1) is 6.10 Å². The first-order valence-corrected chi connectivity index (χ1v) is 6.54. The van der Waals surface area contributed by atoms with E-state index < -0.39 is 0 Å². The summed E-state index contributed by atoms with van der Waals surface area (Å²) in [6, 6.07) is 0.558. The number of nitrogens with one attached hydrogen (secondary N) is 1. The fraction of sp³-hybridized carbons (Fsp3) is 1.00. The van der Waals surface area contributed by atoms with E-state index in [-0.39, 0.29) is 0 Å². The molecule has 1 N–H and O–H groups in total. The molecule has 1 fully saturated rings. The second kappa shape index (κ2) is 6.49. The van der Waals surface area contributed by atoms with Crippen molar-refractivity contribution in [3.05, 3.63) is 0 Å².